The number of carbonyl (C=O) groups excluding carboxylic acids is 1. The van der Waals surface area contributed by atoms with Gasteiger partial charge in [-0.25, -0.2) is 4.98 Å². The van der Waals surface area contributed by atoms with Gasteiger partial charge in [-0.15, -0.1) is 0 Å². The van der Waals surface area contributed by atoms with E-state index in [1.165, 1.54) is 11.8 Å². The highest BCUT2D eigenvalue weighted by molar-refractivity contribution is 8.00. The maximum Gasteiger partial charge on any atom is 0.234 e. The number of amides is 1. The minimum absolute atomic E-state index is 0.0320. The molecule has 2 aromatic rings. The zero-order valence-corrected chi connectivity index (χ0v) is 13.0. The zero-order chi connectivity index (χ0) is 15.1. The number of carbonyl (C=O) groups is 1. The molecule has 0 aliphatic carbocycles. The summed E-state index contributed by atoms with van der Waals surface area (Å²) in [5.41, 5.74) is 0.996. The van der Waals surface area contributed by atoms with Crippen LogP contribution in [0.4, 0.5) is 0 Å². The van der Waals surface area contributed by atoms with Crippen molar-refractivity contribution in [2.45, 2.75) is 30.7 Å². The maximum atomic E-state index is 12.4. The molecule has 21 heavy (non-hydrogen) atoms. The Labute approximate surface area is 129 Å². The molecule has 0 spiro atoms. The van der Waals surface area contributed by atoms with Crippen LogP contribution in [0.1, 0.15) is 19.4 Å². The Balaban J connectivity index is 1.96. The molecule has 0 bridgehead atoms. The van der Waals surface area contributed by atoms with Crippen LogP contribution in [-0.2, 0) is 11.3 Å². The first kappa shape index (κ1) is 15.5. The summed E-state index contributed by atoms with van der Waals surface area (Å²) in [7, 11) is 0. The van der Waals surface area contributed by atoms with Gasteiger partial charge in [-0.05, 0) is 29.7 Å². The Kier molecular flexibility index (Phi) is 5.75. The molecule has 2 aromatic heterocycles. The van der Waals surface area contributed by atoms with Crippen LogP contribution in [0, 0.1) is 5.92 Å². The van der Waals surface area contributed by atoms with Gasteiger partial charge in [-0.3, -0.25) is 9.78 Å². The van der Waals surface area contributed by atoms with E-state index >= 15 is 0 Å². The number of hydrogen-bond acceptors (Lipinski definition) is 4. The van der Waals surface area contributed by atoms with Crippen molar-refractivity contribution in [3.63, 3.8) is 0 Å². The van der Waals surface area contributed by atoms with Crippen LogP contribution >= 0.6 is 11.8 Å². The summed E-state index contributed by atoms with van der Waals surface area (Å²) in [6.45, 7) is 4.59. The van der Waals surface area contributed by atoms with Gasteiger partial charge in [-0.1, -0.05) is 37.7 Å². The summed E-state index contributed by atoms with van der Waals surface area (Å²) in [5, 5.41) is 3.69. The molecule has 0 saturated carbocycles. The van der Waals surface area contributed by atoms with Crippen molar-refractivity contribution in [2.75, 3.05) is 0 Å². The van der Waals surface area contributed by atoms with Crippen molar-refractivity contribution in [3.8, 4) is 0 Å². The summed E-state index contributed by atoms with van der Waals surface area (Å²) in [5.74, 6) is 0.260. The van der Waals surface area contributed by atoms with Gasteiger partial charge in [0, 0.05) is 25.1 Å². The smallest absolute Gasteiger partial charge is 0.234 e. The van der Waals surface area contributed by atoms with E-state index in [2.05, 4.69) is 15.3 Å². The molecule has 1 amide bonds. The van der Waals surface area contributed by atoms with E-state index in [1.807, 2.05) is 44.2 Å². The van der Waals surface area contributed by atoms with Crippen LogP contribution in [-0.4, -0.2) is 21.1 Å². The minimum atomic E-state index is -0.156. The van der Waals surface area contributed by atoms with Crippen molar-refractivity contribution >= 4 is 17.7 Å². The quantitative estimate of drug-likeness (QED) is 0.834. The lowest BCUT2D eigenvalue weighted by atomic mass is 10.1. The first-order chi connectivity index (χ1) is 10.2. The van der Waals surface area contributed by atoms with Gasteiger partial charge in [0.25, 0.3) is 0 Å². The molecule has 0 fully saturated rings. The Morgan fingerprint density at radius 3 is 2.71 bits per heavy atom. The molecule has 0 saturated heterocycles. The van der Waals surface area contributed by atoms with Crippen molar-refractivity contribution in [3.05, 3.63) is 54.5 Å². The molecule has 1 atom stereocenters. The molecule has 0 radical (unpaired) electrons. The second-order valence-corrected chi connectivity index (χ2v) is 6.19. The zero-order valence-electron chi connectivity index (χ0n) is 12.2. The van der Waals surface area contributed by atoms with E-state index in [0.29, 0.717) is 6.54 Å². The summed E-state index contributed by atoms with van der Waals surface area (Å²) < 4.78 is 0. The Bertz CT molecular complexity index is 560. The average molecular weight is 301 g/mol. The highest BCUT2D eigenvalue weighted by Gasteiger charge is 2.23. The van der Waals surface area contributed by atoms with Crippen molar-refractivity contribution in [1.82, 2.24) is 15.3 Å². The van der Waals surface area contributed by atoms with E-state index in [0.717, 1.165) is 10.6 Å². The second-order valence-electron chi connectivity index (χ2n) is 5.03. The molecular weight excluding hydrogens is 282 g/mol. The van der Waals surface area contributed by atoms with Crippen LogP contribution in [0.15, 0.2) is 53.9 Å². The SMILES string of the molecule is CC(C)[C@H](Sc1ccccn1)C(=O)NCc1cccnc1. The number of pyridine rings is 2. The Hall–Kier alpha value is -1.88. The molecule has 0 unspecified atom stereocenters. The molecule has 0 aliphatic heterocycles. The van der Waals surface area contributed by atoms with Crippen LogP contribution < -0.4 is 5.32 Å². The summed E-state index contributed by atoms with van der Waals surface area (Å²) in [6.07, 6.45) is 5.23. The molecule has 0 aromatic carbocycles. The fourth-order valence-corrected chi connectivity index (χ4v) is 2.83. The van der Waals surface area contributed by atoms with Gasteiger partial charge in [0.05, 0.1) is 10.3 Å². The van der Waals surface area contributed by atoms with Crippen molar-refractivity contribution in [2.24, 2.45) is 5.92 Å². The third-order valence-electron chi connectivity index (χ3n) is 2.94. The lowest BCUT2D eigenvalue weighted by Gasteiger charge is -2.19. The minimum Gasteiger partial charge on any atom is -0.351 e. The summed E-state index contributed by atoms with van der Waals surface area (Å²) in [6, 6.07) is 9.54. The predicted molar refractivity (Wildman–Crippen MR) is 84.8 cm³/mol. The molecule has 5 heteroatoms. The molecule has 2 rings (SSSR count). The lowest BCUT2D eigenvalue weighted by Crippen LogP contribution is -2.35. The first-order valence-electron chi connectivity index (χ1n) is 6.91. The van der Waals surface area contributed by atoms with Gasteiger partial charge < -0.3 is 5.32 Å². The Morgan fingerprint density at radius 1 is 1.24 bits per heavy atom. The van der Waals surface area contributed by atoms with Gasteiger partial charge in [0.15, 0.2) is 0 Å². The molecular formula is C16H19N3OS. The number of thioether (sulfide) groups is 1. The van der Waals surface area contributed by atoms with Crippen LogP contribution in [0.3, 0.4) is 0 Å². The standard InChI is InChI=1S/C16H19N3OS/c1-12(2)15(21-14-7-3-4-9-18-14)16(20)19-11-13-6-5-8-17-10-13/h3-10,12,15H,11H2,1-2H3,(H,19,20)/t15-/m0/s1. The largest absolute Gasteiger partial charge is 0.351 e. The summed E-state index contributed by atoms with van der Waals surface area (Å²) >= 11 is 1.50. The highest BCUT2D eigenvalue weighted by Crippen LogP contribution is 2.26. The fourth-order valence-electron chi connectivity index (χ4n) is 1.83. The van der Waals surface area contributed by atoms with Crippen molar-refractivity contribution < 1.29 is 4.79 Å². The first-order valence-corrected chi connectivity index (χ1v) is 7.79. The lowest BCUT2D eigenvalue weighted by molar-refractivity contribution is -0.121. The number of hydrogen-bond donors (Lipinski definition) is 1. The number of nitrogens with one attached hydrogen (secondary N) is 1. The average Bonchev–Trinajstić information content (AvgIpc) is 2.52. The van der Waals surface area contributed by atoms with Gasteiger partial charge >= 0.3 is 0 Å². The third kappa shape index (κ3) is 4.86. The Morgan fingerprint density at radius 2 is 2.10 bits per heavy atom. The monoisotopic (exact) mass is 301 g/mol. The molecule has 1 N–H and O–H groups in total. The van der Waals surface area contributed by atoms with Gasteiger partial charge in [0.1, 0.15) is 0 Å². The molecule has 2 heterocycles. The van der Waals surface area contributed by atoms with Crippen LogP contribution in [0.5, 0.6) is 0 Å². The van der Waals surface area contributed by atoms with Crippen LogP contribution in [0.2, 0.25) is 0 Å². The maximum absolute atomic E-state index is 12.4. The number of nitrogens with zero attached hydrogens (tertiary/aromatic N) is 2. The van der Waals surface area contributed by atoms with E-state index in [4.69, 9.17) is 0 Å². The number of rotatable bonds is 6. The molecule has 0 aliphatic rings. The molecule has 4 nitrogen and oxygen atoms in total. The van der Waals surface area contributed by atoms with Crippen LogP contribution in [0.25, 0.3) is 0 Å². The van der Waals surface area contributed by atoms with E-state index in [9.17, 15) is 4.79 Å². The second kappa shape index (κ2) is 7.78. The number of aromatic nitrogens is 2. The fraction of sp³-hybridized carbons (Fsp3) is 0.312. The van der Waals surface area contributed by atoms with Crippen molar-refractivity contribution in [1.29, 1.82) is 0 Å². The van der Waals surface area contributed by atoms with Gasteiger partial charge in [-0.2, -0.15) is 0 Å². The highest BCUT2D eigenvalue weighted by atomic mass is 32.2. The van der Waals surface area contributed by atoms with E-state index < -0.39 is 0 Å². The van der Waals surface area contributed by atoms with Gasteiger partial charge in [0.2, 0.25) is 5.91 Å². The normalized spacial score (nSPS) is 12.1. The predicted octanol–water partition coefficient (Wildman–Crippen LogP) is 2.91. The van der Waals surface area contributed by atoms with E-state index in [1.54, 1.807) is 18.6 Å². The summed E-state index contributed by atoms with van der Waals surface area (Å²) in [4.78, 5) is 20.7. The van der Waals surface area contributed by atoms with E-state index in [-0.39, 0.29) is 17.1 Å². The topological polar surface area (TPSA) is 54.9 Å². The third-order valence-corrected chi connectivity index (χ3v) is 4.43. The molecule has 110 valence electrons.